The molecule has 6 heteroatoms. The Kier molecular flexibility index (Phi) is 3.45. The van der Waals surface area contributed by atoms with Crippen molar-refractivity contribution in [2.45, 2.75) is 6.42 Å². The maximum atomic E-state index is 4.21. The Morgan fingerprint density at radius 1 is 1.10 bits per heavy atom. The van der Waals surface area contributed by atoms with Gasteiger partial charge in [0.1, 0.15) is 18.0 Å². The predicted molar refractivity (Wildman–Crippen MR) is 79.9 cm³/mol. The van der Waals surface area contributed by atoms with Crippen molar-refractivity contribution >= 4 is 22.7 Å². The van der Waals surface area contributed by atoms with Crippen LogP contribution in [0.15, 0.2) is 36.9 Å². The first-order valence-electron chi connectivity index (χ1n) is 6.51. The molecule has 0 spiro atoms. The predicted octanol–water partition coefficient (Wildman–Crippen LogP) is 2.05. The number of nitrogens with zero attached hydrogens (tertiary/aromatic N) is 3. The summed E-state index contributed by atoms with van der Waals surface area (Å²) in [6.07, 6.45) is 4.19. The number of hydrogen-bond acceptors (Lipinski definition) is 5. The van der Waals surface area contributed by atoms with E-state index in [4.69, 9.17) is 0 Å². The van der Waals surface area contributed by atoms with Gasteiger partial charge in [-0.05, 0) is 24.1 Å². The lowest BCUT2D eigenvalue weighted by Crippen LogP contribution is -2.07. The molecule has 1 aromatic carbocycles. The zero-order valence-corrected chi connectivity index (χ0v) is 11.2. The summed E-state index contributed by atoms with van der Waals surface area (Å²) in [5.41, 5.74) is 3.33. The van der Waals surface area contributed by atoms with Crippen LogP contribution in [-0.2, 0) is 6.42 Å². The highest BCUT2D eigenvalue weighted by atomic mass is 15.0. The average molecular weight is 268 g/mol. The van der Waals surface area contributed by atoms with Gasteiger partial charge in [-0.15, -0.1) is 0 Å². The number of nitrogens with one attached hydrogen (secondary N) is 3. The molecule has 0 bridgehead atoms. The van der Waals surface area contributed by atoms with Crippen molar-refractivity contribution < 1.29 is 0 Å². The van der Waals surface area contributed by atoms with Gasteiger partial charge < -0.3 is 15.6 Å². The summed E-state index contributed by atoms with van der Waals surface area (Å²) in [6, 6.07) is 8.15. The zero-order valence-electron chi connectivity index (χ0n) is 11.2. The minimum absolute atomic E-state index is 0.807. The van der Waals surface area contributed by atoms with E-state index in [1.54, 1.807) is 12.7 Å². The number of anilines is 2. The fourth-order valence-electron chi connectivity index (χ4n) is 2.06. The molecule has 102 valence electrons. The molecular weight excluding hydrogens is 252 g/mol. The van der Waals surface area contributed by atoms with Gasteiger partial charge in [0.2, 0.25) is 0 Å². The van der Waals surface area contributed by atoms with E-state index in [2.05, 4.69) is 42.7 Å². The van der Waals surface area contributed by atoms with Crippen LogP contribution in [0.2, 0.25) is 0 Å². The van der Waals surface area contributed by atoms with Gasteiger partial charge in [0.15, 0.2) is 0 Å². The molecule has 0 saturated carbocycles. The third-order valence-corrected chi connectivity index (χ3v) is 3.13. The maximum absolute atomic E-state index is 4.21. The van der Waals surface area contributed by atoms with Gasteiger partial charge in [-0.3, -0.25) is 0 Å². The van der Waals surface area contributed by atoms with Crippen LogP contribution in [0.3, 0.4) is 0 Å². The van der Waals surface area contributed by atoms with Crippen molar-refractivity contribution in [1.29, 1.82) is 0 Å². The molecule has 0 radical (unpaired) electrons. The summed E-state index contributed by atoms with van der Waals surface area (Å²) >= 11 is 0. The zero-order chi connectivity index (χ0) is 13.8. The third kappa shape index (κ3) is 2.69. The quantitative estimate of drug-likeness (QED) is 0.660. The Morgan fingerprint density at radius 3 is 2.90 bits per heavy atom. The van der Waals surface area contributed by atoms with Crippen LogP contribution in [0.1, 0.15) is 5.56 Å². The van der Waals surface area contributed by atoms with Gasteiger partial charge in [-0.2, -0.15) is 0 Å². The summed E-state index contributed by atoms with van der Waals surface area (Å²) < 4.78 is 0. The van der Waals surface area contributed by atoms with Gasteiger partial charge in [0, 0.05) is 19.7 Å². The molecule has 2 aromatic heterocycles. The van der Waals surface area contributed by atoms with Crippen molar-refractivity contribution in [2.75, 3.05) is 24.2 Å². The Balaban J connectivity index is 1.61. The standard InChI is InChI=1S/C14H16N6/c1-15-13-7-14(20-9-19-13)16-5-4-10-2-3-11-12(6-10)18-8-17-11/h2-3,6-9H,4-5H2,1H3,(H,17,18)(H2,15,16,19,20). The van der Waals surface area contributed by atoms with Gasteiger partial charge in [0.05, 0.1) is 17.4 Å². The van der Waals surface area contributed by atoms with Gasteiger partial charge in [0.25, 0.3) is 0 Å². The summed E-state index contributed by atoms with van der Waals surface area (Å²) in [6.45, 7) is 0.819. The molecule has 6 nitrogen and oxygen atoms in total. The van der Waals surface area contributed by atoms with E-state index in [9.17, 15) is 0 Å². The van der Waals surface area contributed by atoms with Crippen LogP contribution < -0.4 is 10.6 Å². The van der Waals surface area contributed by atoms with Crippen molar-refractivity contribution in [2.24, 2.45) is 0 Å². The van der Waals surface area contributed by atoms with Crippen LogP contribution >= 0.6 is 0 Å². The molecule has 0 amide bonds. The van der Waals surface area contributed by atoms with Crippen molar-refractivity contribution in [1.82, 2.24) is 19.9 Å². The van der Waals surface area contributed by atoms with Crippen molar-refractivity contribution in [3.63, 3.8) is 0 Å². The molecule has 0 aliphatic carbocycles. The van der Waals surface area contributed by atoms with Gasteiger partial charge in [-0.25, -0.2) is 15.0 Å². The van der Waals surface area contributed by atoms with Gasteiger partial charge in [-0.1, -0.05) is 6.07 Å². The second-order valence-electron chi connectivity index (χ2n) is 4.47. The molecular formula is C14H16N6. The molecule has 0 aliphatic rings. The number of aromatic nitrogens is 4. The van der Waals surface area contributed by atoms with E-state index in [-0.39, 0.29) is 0 Å². The lowest BCUT2D eigenvalue weighted by Gasteiger charge is -2.06. The largest absolute Gasteiger partial charge is 0.373 e. The van der Waals surface area contributed by atoms with Crippen molar-refractivity contribution in [3.8, 4) is 0 Å². The fourth-order valence-corrected chi connectivity index (χ4v) is 2.06. The lowest BCUT2D eigenvalue weighted by molar-refractivity contribution is 1.00. The minimum atomic E-state index is 0.807. The maximum Gasteiger partial charge on any atom is 0.131 e. The minimum Gasteiger partial charge on any atom is -0.373 e. The van der Waals surface area contributed by atoms with E-state index in [1.165, 1.54) is 5.56 Å². The van der Waals surface area contributed by atoms with Crippen LogP contribution in [-0.4, -0.2) is 33.5 Å². The normalized spacial score (nSPS) is 10.7. The van der Waals surface area contributed by atoms with E-state index in [0.717, 1.165) is 35.6 Å². The molecule has 20 heavy (non-hydrogen) atoms. The highest BCUT2D eigenvalue weighted by Crippen LogP contribution is 2.12. The van der Waals surface area contributed by atoms with Crippen LogP contribution in [0.5, 0.6) is 0 Å². The van der Waals surface area contributed by atoms with E-state index in [0.29, 0.717) is 0 Å². The molecule has 3 aromatic rings. The fraction of sp³-hybridized carbons (Fsp3) is 0.214. The van der Waals surface area contributed by atoms with E-state index >= 15 is 0 Å². The highest BCUT2D eigenvalue weighted by molar-refractivity contribution is 5.75. The number of fused-ring (bicyclic) bond motifs is 1. The SMILES string of the molecule is CNc1cc(NCCc2ccc3nc[nH]c3c2)ncn1. The van der Waals surface area contributed by atoms with Gasteiger partial charge >= 0.3 is 0 Å². The third-order valence-electron chi connectivity index (χ3n) is 3.13. The summed E-state index contributed by atoms with van der Waals surface area (Å²) in [7, 11) is 1.84. The first-order valence-corrected chi connectivity index (χ1v) is 6.51. The van der Waals surface area contributed by atoms with E-state index in [1.807, 2.05) is 19.2 Å². The van der Waals surface area contributed by atoms with Crippen LogP contribution in [0.4, 0.5) is 11.6 Å². The molecule has 0 unspecified atom stereocenters. The van der Waals surface area contributed by atoms with Crippen molar-refractivity contribution in [3.05, 3.63) is 42.5 Å². The molecule has 0 saturated heterocycles. The number of benzene rings is 1. The molecule has 0 fully saturated rings. The molecule has 2 heterocycles. The lowest BCUT2D eigenvalue weighted by atomic mass is 10.1. The first kappa shape index (κ1) is 12.4. The number of hydrogen-bond donors (Lipinski definition) is 3. The average Bonchev–Trinajstić information content (AvgIpc) is 2.95. The summed E-state index contributed by atoms with van der Waals surface area (Å²) in [5, 5.41) is 6.28. The second-order valence-corrected chi connectivity index (χ2v) is 4.47. The van der Waals surface area contributed by atoms with E-state index < -0.39 is 0 Å². The Bertz CT molecular complexity index is 705. The summed E-state index contributed by atoms with van der Waals surface area (Å²) in [5.74, 6) is 1.63. The molecule has 3 N–H and O–H groups in total. The highest BCUT2D eigenvalue weighted by Gasteiger charge is 2.00. The Labute approximate surface area is 116 Å². The Morgan fingerprint density at radius 2 is 2.00 bits per heavy atom. The summed E-state index contributed by atoms with van der Waals surface area (Å²) in [4.78, 5) is 15.6. The molecule has 0 atom stereocenters. The number of rotatable bonds is 5. The topological polar surface area (TPSA) is 78.5 Å². The first-order chi connectivity index (χ1) is 9.85. The number of H-pyrrole nitrogens is 1. The Hall–Kier alpha value is -2.63. The molecule has 0 aliphatic heterocycles. The van der Waals surface area contributed by atoms with Crippen LogP contribution in [0, 0.1) is 0 Å². The van der Waals surface area contributed by atoms with Crippen LogP contribution in [0.25, 0.3) is 11.0 Å². The number of imidazole rings is 1. The molecule has 3 rings (SSSR count). The number of aromatic amines is 1. The monoisotopic (exact) mass is 268 g/mol. The smallest absolute Gasteiger partial charge is 0.131 e. The second kappa shape index (κ2) is 5.56.